The first-order valence-electron chi connectivity index (χ1n) is 8.34. The molecule has 10 heteroatoms. The van der Waals surface area contributed by atoms with Crippen LogP contribution in [0.1, 0.15) is 22.1 Å². The SMILES string of the molecule is COc1ccc(S(=O)(=O)CCc2noc(C(=O)NCc3cccnc3)n2)cc1. The molecule has 28 heavy (non-hydrogen) atoms. The summed E-state index contributed by atoms with van der Waals surface area (Å²) in [5.41, 5.74) is 0.821. The second-order valence-electron chi connectivity index (χ2n) is 5.80. The molecule has 1 amide bonds. The molecule has 0 aliphatic heterocycles. The van der Waals surface area contributed by atoms with Crippen molar-refractivity contribution < 1.29 is 22.5 Å². The van der Waals surface area contributed by atoms with Crippen molar-refractivity contribution in [2.75, 3.05) is 12.9 Å². The van der Waals surface area contributed by atoms with Crippen LogP contribution in [0.3, 0.4) is 0 Å². The Morgan fingerprint density at radius 1 is 1.21 bits per heavy atom. The largest absolute Gasteiger partial charge is 0.497 e. The van der Waals surface area contributed by atoms with E-state index in [4.69, 9.17) is 9.26 Å². The van der Waals surface area contributed by atoms with Gasteiger partial charge in [-0.2, -0.15) is 4.98 Å². The zero-order chi connectivity index (χ0) is 20.0. The van der Waals surface area contributed by atoms with Crippen molar-refractivity contribution in [3.05, 3.63) is 66.1 Å². The van der Waals surface area contributed by atoms with E-state index in [2.05, 4.69) is 20.4 Å². The van der Waals surface area contributed by atoms with Crippen molar-refractivity contribution in [2.45, 2.75) is 17.9 Å². The predicted octanol–water partition coefficient (Wildman–Crippen LogP) is 1.42. The molecule has 0 aliphatic carbocycles. The van der Waals surface area contributed by atoms with E-state index in [-0.39, 0.29) is 35.3 Å². The summed E-state index contributed by atoms with van der Waals surface area (Å²) in [4.78, 5) is 20.1. The summed E-state index contributed by atoms with van der Waals surface area (Å²) in [5, 5.41) is 6.30. The van der Waals surface area contributed by atoms with E-state index in [1.807, 2.05) is 6.07 Å². The smallest absolute Gasteiger partial charge is 0.315 e. The fourth-order valence-corrected chi connectivity index (χ4v) is 3.57. The summed E-state index contributed by atoms with van der Waals surface area (Å²) in [6, 6.07) is 9.67. The maximum atomic E-state index is 12.4. The van der Waals surface area contributed by atoms with E-state index in [0.717, 1.165) is 5.56 Å². The standard InChI is InChI=1S/C18H18N4O5S/c1-26-14-4-6-15(7-5-14)28(24,25)10-8-16-21-18(27-22-16)17(23)20-12-13-3-2-9-19-11-13/h2-7,9,11H,8,10,12H2,1H3,(H,20,23). The maximum absolute atomic E-state index is 12.4. The minimum absolute atomic E-state index is 0.0216. The minimum Gasteiger partial charge on any atom is -0.497 e. The molecule has 0 saturated heterocycles. The number of aromatic nitrogens is 3. The summed E-state index contributed by atoms with van der Waals surface area (Å²) in [7, 11) is -2.02. The van der Waals surface area contributed by atoms with Crippen molar-refractivity contribution >= 4 is 15.7 Å². The molecule has 9 nitrogen and oxygen atoms in total. The van der Waals surface area contributed by atoms with Crippen LogP contribution in [0.25, 0.3) is 0 Å². The maximum Gasteiger partial charge on any atom is 0.315 e. The van der Waals surface area contributed by atoms with Crippen molar-refractivity contribution in [3.63, 3.8) is 0 Å². The molecule has 0 atom stereocenters. The van der Waals surface area contributed by atoms with Gasteiger partial charge < -0.3 is 14.6 Å². The highest BCUT2D eigenvalue weighted by atomic mass is 32.2. The van der Waals surface area contributed by atoms with Crippen molar-refractivity contribution in [3.8, 4) is 5.75 Å². The molecule has 1 aromatic carbocycles. The van der Waals surface area contributed by atoms with Crippen LogP contribution >= 0.6 is 0 Å². The molecule has 0 radical (unpaired) electrons. The number of sulfone groups is 1. The molecule has 3 aromatic rings. The number of hydrogen-bond donors (Lipinski definition) is 1. The Balaban J connectivity index is 1.57. The number of nitrogens with zero attached hydrogens (tertiary/aromatic N) is 3. The minimum atomic E-state index is -3.53. The number of carbonyl (C=O) groups excluding carboxylic acids is 1. The lowest BCUT2D eigenvalue weighted by Crippen LogP contribution is -2.23. The third kappa shape index (κ3) is 4.92. The summed E-state index contributed by atoms with van der Waals surface area (Å²) in [6.07, 6.45) is 3.28. The predicted molar refractivity (Wildman–Crippen MR) is 98.5 cm³/mol. The number of pyridine rings is 1. The Morgan fingerprint density at radius 2 is 2.00 bits per heavy atom. The molecule has 0 bridgehead atoms. The molecule has 1 N–H and O–H groups in total. The Labute approximate surface area is 161 Å². The van der Waals surface area contributed by atoms with E-state index in [9.17, 15) is 13.2 Å². The summed E-state index contributed by atoms with van der Waals surface area (Å²) >= 11 is 0. The number of amides is 1. The van der Waals surface area contributed by atoms with Gasteiger partial charge in [-0.3, -0.25) is 9.78 Å². The average molecular weight is 402 g/mol. The van der Waals surface area contributed by atoms with Crippen molar-refractivity contribution in [1.82, 2.24) is 20.4 Å². The quantitative estimate of drug-likeness (QED) is 0.600. The van der Waals surface area contributed by atoms with Crippen molar-refractivity contribution in [1.29, 1.82) is 0 Å². The number of benzene rings is 1. The monoisotopic (exact) mass is 402 g/mol. The molecule has 0 spiro atoms. The number of hydrogen-bond acceptors (Lipinski definition) is 8. The Kier molecular flexibility index (Phi) is 5.99. The Morgan fingerprint density at radius 3 is 2.68 bits per heavy atom. The fraction of sp³-hybridized carbons (Fsp3) is 0.222. The van der Waals surface area contributed by atoms with Crippen molar-refractivity contribution in [2.24, 2.45) is 0 Å². The van der Waals surface area contributed by atoms with Crippen LogP contribution in [-0.2, 0) is 22.8 Å². The van der Waals surface area contributed by atoms with Crippen LogP contribution in [0.5, 0.6) is 5.75 Å². The van der Waals surface area contributed by atoms with Crippen LogP contribution in [0.4, 0.5) is 0 Å². The molecule has 2 heterocycles. The number of aryl methyl sites for hydroxylation is 1. The second kappa shape index (κ2) is 8.61. The first-order valence-corrected chi connectivity index (χ1v) is 9.99. The van der Waals surface area contributed by atoms with Crippen LogP contribution in [0.15, 0.2) is 58.2 Å². The number of ether oxygens (including phenoxy) is 1. The lowest BCUT2D eigenvalue weighted by molar-refractivity contribution is 0.0907. The van der Waals surface area contributed by atoms with Gasteiger partial charge in [0.25, 0.3) is 0 Å². The molecular formula is C18H18N4O5S. The zero-order valence-electron chi connectivity index (χ0n) is 15.0. The molecule has 146 valence electrons. The zero-order valence-corrected chi connectivity index (χ0v) is 15.8. The highest BCUT2D eigenvalue weighted by Crippen LogP contribution is 2.17. The lowest BCUT2D eigenvalue weighted by atomic mass is 10.3. The van der Waals surface area contributed by atoms with E-state index in [1.54, 1.807) is 30.6 Å². The number of methoxy groups -OCH3 is 1. The summed E-state index contributed by atoms with van der Waals surface area (Å²) in [6.45, 7) is 0.260. The molecule has 0 unspecified atom stereocenters. The lowest BCUT2D eigenvalue weighted by Gasteiger charge is -2.04. The van der Waals surface area contributed by atoms with Gasteiger partial charge in [0.15, 0.2) is 15.7 Å². The van der Waals surface area contributed by atoms with E-state index in [1.165, 1.54) is 19.2 Å². The third-order valence-corrected chi connectivity index (χ3v) is 5.58. The van der Waals surface area contributed by atoms with Gasteiger partial charge in [0.05, 0.1) is 17.8 Å². The molecule has 0 saturated carbocycles. The van der Waals surface area contributed by atoms with Gasteiger partial charge in [-0.15, -0.1) is 0 Å². The second-order valence-corrected chi connectivity index (χ2v) is 7.91. The normalized spacial score (nSPS) is 11.2. The fourth-order valence-electron chi connectivity index (χ4n) is 2.33. The van der Waals surface area contributed by atoms with Gasteiger partial charge in [0, 0.05) is 25.4 Å². The van der Waals surface area contributed by atoms with Gasteiger partial charge in [0.2, 0.25) is 0 Å². The van der Waals surface area contributed by atoms with Crippen LogP contribution in [-0.4, -0.2) is 42.3 Å². The van der Waals surface area contributed by atoms with Crippen LogP contribution in [0, 0.1) is 0 Å². The van der Waals surface area contributed by atoms with Crippen LogP contribution in [0.2, 0.25) is 0 Å². The molecular weight excluding hydrogens is 384 g/mol. The Bertz CT molecular complexity index is 1030. The Hall–Kier alpha value is -3.27. The highest BCUT2D eigenvalue weighted by molar-refractivity contribution is 7.91. The first-order chi connectivity index (χ1) is 13.5. The molecule has 2 aromatic heterocycles. The van der Waals surface area contributed by atoms with Gasteiger partial charge >= 0.3 is 11.8 Å². The first kappa shape index (κ1) is 19.5. The molecule has 3 rings (SSSR count). The van der Waals surface area contributed by atoms with Gasteiger partial charge in [-0.25, -0.2) is 8.42 Å². The van der Waals surface area contributed by atoms with Gasteiger partial charge in [0.1, 0.15) is 5.75 Å². The number of nitrogens with one attached hydrogen (secondary N) is 1. The highest BCUT2D eigenvalue weighted by Gasteiger charge is 2.19. The molecule has 0 fully saturated rings. The van der Waals surface area contributed by atoms with Crippen LogP contribution < -0.4 is 10.1 Å². The summed E-state index contributed by atoms with van der Waals surface area (Å²) < 4.78 is 34.7. The van der Waals surface area contributed by atoms with E-state index >= 15 is 0 Å². The third-order valence-electron chi connectivity index (χ3n) is 3.85. The van der Waals surface area contributed by atoms with E-state index < -0.39 is 15.7 Å². The van der Waals surface area contributed by atoms with Gasteiger partial charge in [-0.05, 0) is 35.9 Å². The molecule has 0 aliphatic rings. The summed E-state index contributed by atoms with van der Waals surface area (Å²) in [5.74, 6) is -0.265. The van der Waals surface area contributed by atoms with E-state index in [0.29, 0.717) is 5.75 Å². The number of rotatable bonds is 8. The van der Waals surface area contributed by atoms with Gasteiger partial charge in [-0.1, -0.05) is 11.2 Å². The topological polar surface area (TPSA) is 124 Å². The number of carbonyl (C=O) groups is 1. The average Bonchev–Trinajstić information content (AvgIpc) is 3.21.